The second-order valence-corrected chi connectivity index (χ2v) is 6.57. The van der Waals surface area contributed by atoms with Gasteiger partial charge in [0.25, 0.3) is 5.91 Å². The first-order valence-electron chi connectivity index (χ1n) is 9.47. The average Bonchev–Trinajstić information content (AvgIpc) is 2.81. The number of amides is 1. The van der Waals surface area contributed by atoms with Crippen molar-refractivity contribution in [3.05, 3.63) is 120 Å². The summed E-state index contributed by atoms with van der Waals surface area (Å²) in [5, 5.41) is 0. The summed E-state index contributed by atoms with van der Waals surface area (Å²) >= 11 is 0. The van der Waals surface area contributed by atoms with Gasteiger partial charge in [0.2, 0.25) is 0 Å². The Hall–Kier alpha value is -4.12. The molecular formula is C25H19NO4. The highest BCUT2D eigenvalue weighted by atomic mass is 16.5. The third kappa shape index (κ3) is 4.47. The minimum Gasteiger partial charge on any atom is -0.458 e. The number of para-hydroxylation sites is 2. The number of anilines is 1. The van der Waals surface area contributed by atoms with Crippen LogP contribution in [0.4, 0.5) is 5.69 Å². The molecule has 1 aliphatic rings. The van der Waals surface area contributed by atoms with Gasteiger partial charge in [0, 0.05) is 11.6 Å². The summed E-state index contributed by atoms with van der Waals surface area (Å²) in [5.41, 5.74) is 2.09. The van der Waals surface area contributed by atoms with Gasteiger partial charge >= 0.3 is 5.97 Å². The molecule has 0 aromatic heterocycles. The quantitative estimate of drug-likeness (QED) is 0.455. The van der Waals surface area contributed by atoms with Gasteiger partial charge in [-0.2, -0.15) is 0 Å². The van der Waals surface area contributed by atoms with Crippen molar-refractivity contribution in [2.75, 3.05) is 4.90 Å². The molecule has 4 rings (SSSR count). The van der Waals surface area contributed by atoms with E-state index < -0.39 is 5.97 Å². The van der Waals surface area contributed by atoms with Gasteiger partial charge in [-0.05, 0) is 35.9 Å². The molecule has 0 unspecified atom stereocenters. The molecule has 148 valence electrons. The van der Waals surface area contributed by atoms with Gasteiger partial charge in [0.15, 0.2) is 5.75 Å². The lowest BCUT2D eigenvalue weighted by Crippen LogP contribution is -2.29. The van der Waals surface area contributed by atoms with Crippen LogP contribution in [0.3, 0.4) is 0 Å². The summed E-state index contributed by atoms with van der Waals surface area (Å²) in [4.78, 5) is 26.6. The molecule has 5 heteroatoms. The zero-order valence-corrected chi connectivity index (χ0v) is 16.1. The van der Waals surface area contributed by atoms with Crippen molar-refractivity contribution in [1.82, 2.24) is 0 Å². The van der Waals surface area contributed by atoms with E-state index in [4.69, 9.17) is 9.47 Å². The maximum Gasteiger partial charge on any atom is 0.331 e. The number of ether oxygens (including phenoxy) is 2. The van der Waals surface area contributed by atoms with Gasteiger partial charge in [0.1, 0.15) is 12.4 Å². The summed E-state index contributed by atoms with van der Waals surface area (Å²) in [7, 11) is 0. The number of hydrogen-bond acceptors (Lipinski definition) is 4. The van der Waals surface area contributed by atoms with Crippen LogP contribution >= 0.6 is 0 Å². The average molecular weight is 397 g/mol. The minimum atomic E-state index is -0.497. The summed E-state index contributed by atoms with van der Waals surface area (Å²) in [6, 6.07) is 25.7. The van der Waals surface area contributed by atoms with E-state index in [9.17, 15) is 9.59 Å². The van der Waals surface area contributed by atoms with E-state index in [1.807, 2.05) is 60.7 Å². The molecule has 1 aliphatic heterocycles. The van der Waals surface area contributed by atoms with E-state index >= 15 is 0 Å². The molecule has 1 amide bonds. The smallest absolute Gasteiger partial charge is 0.331 e. The molecule has 1 heterocycles. The Morgan fingerprint density at radius 2 is 1.53 bits per heavy atom. The molecule has 0 saturated heterocycles. The van der Waals surface area contributed by atoms with Crippen LogP contribution in [0.25, 0.3) is 0 Å². The van der Waals surface area contributed by atoms with Crippen molar-refractivity contribution in [2.45, 2.75) is 6.61 Å². The largest absolute Gasteiger partial charge is 0.458 e. The first-order valence-corrected chi connectivity index (χ1v) is 9.47. The van der Waals surface area contributed by atoms with Crippen LogP contribution in [0, 0.1) is 0 Å². The highest BCUT2D eigenvalue weighted by Crippen LogP contribution is 2.35. The van der Waals surface area contributed by atoms with E-state index in [2.05, 4.69) is 0 Å². The Balaban J connectivity index is 1.51. The third-order valence-electron chi connectivity index (χ3n) is 4.46. The van der Waals surface area contributed by atoms with E-state index in [0.717, 1.165) is 5.56 Å². The topological polar surface area (TPSA) is 55.8 Å². The van der Waals surface area contributed by atoms with Gasteiger partial charge in [-0.25, -0.2) is 4.79 Å². The highest BCUT2D eigenvalue weighted by Gasteiger charge is 2.24. The summed E-state index contributed by atoms with van der Waals surface area (Å²) in [5.74, 6) is 0.197. The third-order valence-corrected chi connectivity index (χ3v) is 4.46. The number of allylic oxidation sites excluding steroid dienone is 1. The van der Waals surface area contributed by atoms with Crippen molar-refractivity contribution in [2.24, 2.45) is 0 Å². The monoisotopic (exact) mass is 397 g/mol. The van der Waals surface area contributed by atoms with Crippen LogP contribution in [0.5, 0.6) is 5.75 Å². The van der Waals surface area contributed by atoms with Gasteiger partial charge in [-0.3, -0.25) is 9.69 Å². The molecule has 0 aliphatic carbocycles. The van der Waals surface area contributed by atoms with Crippen LogP contribution in [0.1, 0.15) is 15.9 Å². The molecule has 0 radical (unpaired) electrons. The maximum absolute atomic E-state index is 13.0. The molecule has 0 saturated carbocycles. The second-order valence-electron chi connectivity index (χ2n) is 6.57. The first kappa shape index (κ1) is 19.2. The number of fused-ring (bicyclic) bond motifs is 1. The van der Waals surface area contributed by atoms with E-state index in [1.165, 1.54) is 17.1 Å². The fourth-order valence-electron chi connectivity index (χ4n) is 2.98. The standard InChI is InChI=1S/C25H19NO4/c27-24(29-18-19-9-3-1-4-10-19)16-15-21-17-26(22-13-7-8-14-23(22)30-21)25(28)20-11-5-2-6-12-20/h1-17H,18H2/b16-15+. The Morgan fingerprint density at radius 3 is 2.30 bits per heavy atom. The number of carbonyl (C=O) groups excluding carboxylic acids is 2. The summed E-state index contributed by atoms with van der Waals surface area (Å²) < 4.78 is 11.1. The lowest BCUT2D eigenvalue weighted by atomic mass is 10.1. The van der Waals surface area contributed by atoms with Crippen molar-refractivity contribution < 1.29 is 19.1 Å². The van der Waals surface area contributed by atoms with Crippen molar-refractivity contribution in [1.29, 1.82) is 0 Å². The molecule has 0 N–H and O–H groups in total. The molecule has 0 bridgehead atoms. The van der Waals surface area contributed by atoms with E-state index in [-0.39, 0.29) is 12.5 Å². The predicted octanol–water partition coefficient (Wildman–Crippen LogP) is 4.87. The number of carbonyl (C=O) groups is 2. The Kier molecular flexibility index (Phi) is 5.71. The molecule has 3 aromatic rings. The number of nitrogens with zero attached hydrogens (tertiary/aromatic N) is 1. The van der Waals surface area contributed by atoms with Gasteiger partial charge in [0.05, 0.1) is 11.9 Å². The normalized spacial score (nSPS) is 12.7. The fraction of sp³-hybridized carbons (Fsp3) is 0.0400. The molecular weight excluding hydrogens is 378 g/mol. The molecule has 30 heavy (non-hydrogen) atoms. The zero-order chi connectivity index (χ0) is 20.8. The van der Waals surface area contributed by atoms with Crippen LogP contribution in [0.15, 0.2) is 109 Å². The maximum atomic E-state index is 13.0. The van der Waals surface area contributed by atoms with Gasteiger partial charge in [-0.15, -0.1) is 0 Å². The Morgan fingerprint density at radius 1 is 0.867 bits per heavy atom. The van der Waals surface area contributed by atoms with Crippen molar-refractivity contribution in [3.63, 3.8) is 0 Å². The van der Waals surface area contributed by atoms with Crippen molar-refractivity contribution in [3.8, 4) is 5.75 Å². The minimum absolute atomic E-state index is 0.186. The molecule has 3 aromatic carbocycles. The first-order chi connectivity index (χ1) is 14.7. The fourth-order valence-corrected chi connectivity index (χ4v) is 2.98. The van der Waals surface area contributed by atoms with Crippen LogP contribution < -0.4 is 9.64 Å². The molecule has 0 atom stereocenters. The van der Waals surface area contributed by atoms with E-state index in [0.29, 0.717) is 22.8 Å². The number of esters is 1. The Bertz CT molecular complexity index is 1100. The highest BCUT2D eigenvalue weighted by molar-refractivity contribution is 6.08. The van der Waals surface area contributed by atoms with Gasteiger partial charge in [-0.1, -0.05) is 60.7 Å². The van der Waals surface area contributed by atoms with E-state index in [1.54, 1.807) is 30.5 Å². The number of rotatable bonds is 5. The zero-order valence-electron chi connectivity index (χ0n) is 16.1. The number of hydrogen-bond donors (Lipinski definition) is 0. The Labute approximate surface area is 174 Å². The summed E-state index contributed by atoms with van der Waals surface area (Å²) in [6.45, 7) is 0.186. The molecule has 0 spiro atoms. The van der Waals surface area contributed by atoms with Crippen LogP contribution in [0.2, 0.25) is 0 Å². The van der Waals surface area contributed by atoms with Crippen molar-refractivity contribution >= 4 is 17.6 Å². The lowest BCUT2D eigenvalue weighted by Gasteiger charge is -2.26. The lowest BCUT2D eigenvalue weighted by molar-refractivity contribution is -0.139. The SMILES string of the molecule is O=C(/C=C/C1=CN(C(=O)c2ccccc2)c2ccccc2O1)OCc1ccccc1. The van der Waals surface area contributed by atoms with Crippen LogP contribution in [-0.2, 0) is 16.1 Å². The summed E-state index contributed by atoms with van der Waals surface area (Å²) in [6.07, 6.45) is 4.35. The second kappa shape index (κ2) is 8.92. The molecule has 5 nitrogen and oxygen atoms in total. The van der Waals surface area contributed by atoms with Gasteiger partial charge < -0.3 is 9.47 Å². The van der Waals surface area contributed by atoms with Crippen LogP contribution in [-0.4, -0.2) is 11.9 Å². The predicted molar refractivity (Wildman–Crippen MR) is 114 cm³/mol. The number of benzene rings is 3. The molecule has 0 fully saturated rings.